The highest BCUT2D eigenvalue weighted by Gasteiger charge is 2.21. The number of aryl methyl sites for hydroxylation is 1. The van der Waals surface area contributed by atoms with Crippen LogP contribution in [0.3, 0.4) is 0 Å². The molecule has 0 amide bonds. The Hall–Kier alpha value is -3.20. The minimum Gasteiger partial charge on any atom is -0.378 e. The Morgan fingerprint density at radius 3 is 2.47 bits per heavy atom. The van der Waals surface area contributed by atoms with Crippen LogP contribution in [-0.4, -0.2) is 65.5 Å². The van der Waals surface area contributed by atoms with Gasteiger partial charge in [-0.1, -0.05) is 18.2 Å². The highest BCUT2D eigenvalue weighted by molar-refractivity contribution is 6.00. The first kappa shape index (κ1) is 18.8. The third-order valence-electron chi connectivity index (χ3n) is 5.60. The molecule has 0 aliphatic carbocycles. The molecule has 2 N–H and O–H groups in total. The summed E-state index contributed by atoms with van der Waals surface area (Å²) in [6.45, 7) is 6.93. The number of rotatable bonds is 5. The number of H-pyrrole nitrogens is 1. The lowest BCUT2D eigenvalue weighted by molar-refractivity contribution is 0.122. The van der Waals surface area contributed by atoms with Gasteiger partial charge in [0, 0.05) is 48.3 Å². The number of hydrazone groups is 1. The summed E-state index contributed by atoms with van der Waals surface area (Å²) in [5, 5.41) is 5.58. The number of nitrogens with one attached hydrogen (secondary N) is 2. The number of morpholine rings is 1. The van der Waals surface area contributed by atoms with E-state index in [1.54, 1.807) is 0 Å². The third-order valence-corrected chi connectivity index (χ3v) is 5.60. The van der Waals surface area contributed by atoms with Crippen molar-refractivity contribution in [2.24, 2.45) is 5.10 Å². The highest BCUT2D eigenvalue weighted by atomic mass is 16.5. The summed E-state index contributed by atoms with van der Waals surface area (Å²) in [4.78, 5) is 21.7. The van der Waals surface area contributed by atoms with Crippen molar-refractivity contribution in [3.05, 3.63) is 35.5 Å². The van der Waals surface area contributed by atoms with Gasteiger partial charge in [0.2, 0.25) is 17.8 Å². The molecule has 1 aromatic carbocycles. The van der Waals surface area contributed by atoms with E-state index >= 15 is 0 Å². The molecule has 0 unspecified atom stereocenters. The van der Waals surface area contributed by atoms with Gasteiger partial charge in [-0.3, -0.25) is 0 Å². The molecule has 30 heavy (non-hydrogen) atoms. The molecule has 156 valence electrons. The molecule has 0 radical (unpaired) electrons. The Morgan fingerprint density at radius 1 is 1.00 bits per heavy atom. The Kier molecular flexibility index (Phi) is 5.18. The number of hydrogen-bond donors (Lipinski definition) is 2. The number of hydrogen-bond acceptors (Lipinski definition) is 8. The number of anilines is 3. The minimum absolute atomic E-state index is 0.460. The van der Waals surface area contributed by atoms with Crippen LogP contribution in [0.1, 0.15) is 24.1 Å². The van der Waals surface area contributed by atoms with Crippen LogP contribution in [0.4, 0.5) is 17.8 Å². The Labute approximate surface area is 175 Å². The maximum absolute atomic E-state index is 5.47. The quantitative estimate of drug-likeness (QED) is 0.497. The van der Waals surface area contributed by atoms with Crippen LogP contribution >= 0.6 is 0 Å². The van der Waals surface area contributed by atoms with Gasteiger partial charge in [-0.15, -0.1) is 0 Å². The molecule has 5 rings (SSSR count). The van der Waals surface area contributed by atoms with Gasteiger partial charge in [-0.05, 0) is 25.8 Å². The molecule has 0 spiro atoms. The van der Waals surface area contributed by atoms with Gasteiger partial charge in [0.15, 0.2) is 0 Å². The van der Waals surface area contributed by atoms with Crippen molar-refractivity contribution >= 4 is 35.0 Å². The molecule has 2 aliphatic heterocycles. The first-order valence-corrected chi connectivity index (χ1v) is 10.5. The lowest BCUT2D eigenvalue weighted by Gasteiger charge is -2.27. The van der Waals surface area contributed by atoms with Crippen LogP contribution in [0.15, 0.2) is 29.4 Å². The normalized spacial score (nSPS) is 17.4. The number of aromatic amines is 1. The molecule has 3 aromatic rings. The lowest BCUT2D eigenvalue weighted by atomic mass is 10.1. The molecule has 2 aliphatic rings. The Morgan fingerprint density at radius 2 is 1.70 bits per heavy atom. The van der Waals surface area contributed by atoms with Crippen molar-refractivity contribution in [2.75, 3.05) is 54.6 Å². The predicted molar refractivity (Wildman–Crippen MR) is 119 cm³/mol. The smallest absolute Gasteiger partial charge is 0.250 e. The number of aromatic nitrogens is 4. The van der Waals surface area contributed by atoms with Gasteiger partial charge in [-0.2, -0.15) is 20.1 Å². The molecule has 4 heterocycles. The van der Waals surface area contributed by atoms with Gasteiger partial charge in [0.1, 0.15) is 0 Å². The van der Waals surface area contributed by atoms with Crippen molar-refractivity contribution < 1.29 is 4.74 Å². The number of benzene rings is 1. The topological polar surface area (TPSA) is 94.6 Å². The fourth-order valence-corrected chi connectivity index (χ4v) is 3.99. The summed E-state index contributed by atoms with van der Waals surface area (Å²) in [6.07, 6.45) is 4.15. The second-order valence-corrected chi connectivity index (χ2v) is 7.63. The standard InChI is InChI=1S/C21H26N8O/c1-15-17(16-6-2-3-7-18(16)23-15)14-22-27-19-24-20(28-8-4-5-9-28)26-21(25-19)29-10-12-30-13-11-29/h2-3,6-7,14,23H,4-5,8-13H2,1H3,(H,24,25,26,27). The fraction of sp³-hybridized carbons (Fsp3) is 0.429. The van der Waals surface area contributed by atoms with Gasteiger partial charge < -0.3 is 19.5 Å². The second-order valence-electron chi connectivity index (χ2n) is 7.63. The molecular weight excluding hydrogens is 380 g/mol. The van der Waals surface area contributed by atoms with Crippen LogP contribution in [0.25, 0.3) is 10.9 Å². The lowest BCUT2D eigenvalue weighted by Crippen LogP contribution is -2.38. The van der Waals surface area contributed by atoms with Crippen molar-refractivity contribution in [3.8, 4) is 0 Å². The predicted octanol–water partition coefficient (Wildman–Crippen LogP) is 2.54. The molecule has 0 saturated carbocycles. The summed E-state index contributed by atoms with van der Waals surface area (Å²) in [7, 11) is 0. The van der Waals surface area contributed by atoms with E-state index in [9.17, 15) is 0 Å². The second kappa shape index (κ2) is 8.27. The van der Waals surface area contributed by atoms with E-state index in [-0.39, 0.29) is 0 Å². The van der Waals surface area contributed by atoms with E-state index in [0.29, 0.717) is 31.1 Å². The van der Waals surface area contributed by atoms with Gasteiger partial charge >= 0.3 is 0 Å². The van der Waals surface area contributed by atoms with Crippen LogP contribution < -0.4 is 15.2 Å². The molecule has 0 bridgehead atoms. The van der Waals surface area contributed by atoms with E-state index in [0.717, 1.165) is 48.3 Å². The first-order chi connectivity index (χ1) is 14.8. The number of nitrogens with zero attached hydrogens (tertiary/aromatic N) is 6. The maximum Gasteiger partial charge on any atom is 0.250 e. The van der Waals surface area contributed by atoms with Crippen LogP contribution in [0.2, 0.25) is 0 Å². The summed E-state index contributed by atoms with van der Waals surface area (Å²) in [5.41, 5.74) is 6.26. The Bertz CT molecular complexity index is 1050. The SMILES string of the molecule is Cc1[nH]c2ccccc2c1C=NNc1nc(N2CCCC2)nc(N2CCOCC2)n1. The molecule has 9 heteroatoms. The van der Waals surface area contributed by atoms with Crippen molar-refractivity contribution in [1.29, 1.82) is 0 Å². The van der Waals surface area contributed by atoms with Crippen molar-refractivity contribution in [1.82, 2.24) is 19.9 Å². The summed E-state index contributed by atoms with van der Waals surface area (Å²) >= 11 is 0. The zero-order valence-corrected chi connectivity index (χ0v) is 17.1. The summed E-state index contributed by atoms with van der Waals surface area (Å²) in [6, 6.07) is 8.21. The Balaban J connectivity index is 1.41. The zero-order valence-electron chi connectivity index (χ0n) is 17.1. The summed E-state index contributed by atoms with van der Waals surface area (Å²) < 4.78 is 5.47. The number of fused-ring (bicyclic) bond motifs is 1. The number of ether oxygens (including phenoxy) is 1. The van der Waals surface area contributed by atoms with E-state index in [2.05, 4.69) is 47.4 Å². The van der Waals surface area contributed by atoms with Crippen molar-refractivity contribution in [2.45, 2.75) is 19.8 Å². The van der Waals surface area contributed by atoms with Crippen LogP contribution in [-0.2, 0) is 4.74 Å². The van der Waals surface area contributed by atoms with Gasteiger partial charge in [-0.25, -0.2) is 5.43 Å². The molecule has 9 nitrogen and oxygen atoms in total. The third kappa shape index (κ3) is 3.80. The number of para-hydroxylation sites is 1. The molecular formula is C21H26N8O. The minimum atomic E-state index is 0.460. The summed E-state index contributed by atoms with van der Waals surface area (Å²) in [5.74, 6) is 1.85. The average molecular weight is 406 g/mol. The van der Waals surface area contributed by atoms with E-state index in [1.165, 1.54) is 12.8 Å². The van der Waals surface area contributed by atoms with Crippen LogP contribution in [0.5, 0.6) is 0 Å². The van der Waals surface area contributed by atoms with Crippen molar-refractivity contribution in [3.63, 3.8) is 0 Å². The van der Waals surface area contributed by atoms with Crippen LogP contribution in [0, 0.1) is 6.92 Å². The molecule has 0 atom stereocenters. The van der Waals surface area contributed by atoms with E-state index < -0.39 is 0 Å². The van der Waals surface area contributed by atoms with E-state index in [4.69, 9.17) is 9.72 Å². The van der Waals surface area contributed by atoms with Gasteiger partial charge in [0.05, 0.1) is 19.4 Å². The molecule has 2 saturated heterocycles. The van der Waals surface area contributed by atoms with E-state index in [1.807, 2.05) is 25.3 Å². The highest BCUT2D eigenvalue weighted by Crippen LogP contribution is 2.22. The monoisotopic (exact) mass is 406 g/mol. The maximum atomic E-state index is 5.47. The fourth-order valence-electron chi connectivity index (χ4n) is 3.99. The first-order valence-electron chi connectivity index (χ1n) is 10.5. The van der Waals surface area contributed by atoms with Gasteiger partial charge in [0.25, 0.3) is 0 Å². The molecule has 2 fully saturated rings. The molecule has 2 aromatic heterocycles. The largest absolute Gasteiger partial charge is 0.378 e. The zero-order chi connectivity index (χ0) is 20.3. The average Bonchev–Trinajstić information content (AvgIpc) is 3.43.